The largest absolute Gasteiger partial charge is 0.326 e. The molecule has 2 fully saturated rings. The lowest BCUT2D eigenvalue weighted by Gasteiger charge is -2.39. The first-order valence-electron chi connectivity index (χ1n) is 11.2. The fraction of sp³-hybridized carbons (Fsp3) is 0.520. The maximum Gasteiger partial charge on any atom is 0.228 e. The van der Waals surface area contributed by atoms with Crippen LogP contribution < -0.4 is 5.32 Å². The van der Waals surface area contributed by atoms with Gasteiger partial charge in [-0.3, -0.25) is 9.78 Å². The van der Waals surface area contributed by atoms with Crippen molar-refractivity contribution >= 4 is 32.5 Å². The van der Waals surface area contributed by atoms with Gasteiger partial charge in [0.25, 0.3) is 0 Å². The van der Waals surface area contributed by atoms with Crippen molar-refractivity contribution in [3.8, 4) is 0 Å². The molecule has 4 aliphatic rings. The Morgan fingerprint density at radius 3 is 2.80 bits per heavy atom. The van der Waals surface area contributed by atoms with E-state index in [0.717, 1.165) is 74.7 Å². The molecule has 1 amide bonds. The summed E-state index contributed by atoms with van der Waals surface area (Å²) in [4.78, 5) is 17.5. The second-order valence-electron chi connectivity index (χ2n) is 9.71. The lowest BCUT2D eigenvalue weighted by molar-refractivity contribution is -0.122. The standard InChI is InChI=1S/C25H29BN2OS/c1-16-4-2-3-5-21(16)28-23(29)20-15-24(20)9-11-25(30,12-10-24)19-8-13-27-22-7-6-17(26)14-18(19)22/h3,5,8,13-14,20,30H,2,4,6-7,9-12,15H2,1H3,(H,28,29)/t20-,24?,25?/m1/s1. The van der Waals surface area contributed by atoms with Gasteiger partial charge in [-0.05, 0) is 99.0 Å². The first-order valence-corrected chi connectivity index (χ1v) is 11.7. The number of nitrogens with one attached hydrogen (secondary N) is 1. The van der Waals surface area contributed by atoms with Crippen LogP contribution in [0.4, 0.5) is 0 Å². The Labute approximate surface area is 186 Å². The minimum absolute atomic E-state index is 0.146. The molecule has 1 spiro atoms. The van der Waals surface area contributed by atoms with E-state index in [4.69, 9.17) is 20.5 Å². The summed E-state index contributed by atoms with van der Waals surface area (Å²) in [7, 11) is 6.14. The van der Waals surface area contributed by atoms with E-state index in [1.165, 1.54) is 16.7 Å². The van der Waals surface area contributed by atoms with Crippen LogP contribution in [0.2, 0.25) is 0 Å². The number of amides is 1. The van der Waals surface area contributed by atoms with Gasteiger partial charge < -0.3 is 5.32 Å². The number of hydrogen-bond donors (Lipinski definition) is 2. The molecule has 5 heteroatoms. The number of carbonyl (C=O) groups excluding carboxylic acids is 1. The van der Waals surface area contributed by atoms with Crippen molar-refractivity contribution in [1.29, 1.82) is 0 Å². The molecule has 2 radical (unpaired) electrons. The summed E-state index contributed by atoms with van der Waals surface area (Å²) in [6.07, 6.45) is 17.3. The van der Waals surface area contributed by atoms with Crippen molar-refractivity contribution in [3.63, 3.8) is 0 Å². The summed E-state index contributed by atoms with van der Waals surface area (Å²) in [5, 5.41) is 3.21. The fourth-order valence-corrected chi connectivity index (χ4v) is 6.07. The van der Waals surface area contributed by atoms with E-state index in [9.17, 15) is 4.79 Å². The third kappa shape index (κ3) is 3.49. The minimum Gasteiger partial charge on any atom is -0.326 e. The van der Waals surface area contributed by atoms with Gasteiger partial charge in [-0.1, -0.05) is 12.2 Å². The van der Waals surface area contributed by atoms with Crippen LogP contribution in [0.15, 0.2) is 41.2 Å². The Morgan fingerprint density at radius 1 is 1.23 bits per heavy atom. The van der Waals surface area contributed by atoms with Crippen LogP contribution in [0.3, 0.4) is 0 Å². The minimum atomic E-state index is -0.165. The molecule has 154 valence electrons. The summed E-state index contributed by atoms with van der Waals surface area (Å²) >= 11 is 5.19. The van der Waals surface area contributed by atoms with Crippen LogP contribution in [-0.2, 0) is 16.0 Å². The maximum absolute atomic E-state index is 12.9. The zero-order valence-electron chi connectivity index (χ0n) is 17.7. The third-order valence-corrected chi connectivity index (χ3v) is 8.51. The molecule has 30 heavy (non-hydrogen) atoms. The molecule has 0 aliphatic heterocycles. The highest BCUT2D eigenvalue weighted by molar-refractivity contribution is 7.81. The number of pyridine rings is 1. The van der Waals surface area contributed by atoms with Crippen molar-refractivity contribution in [3.05, 3.63) is 58.0 Å². The normalized spacial score (nSPS) is 32.6. The zero-order valence-corrected chi connectivity index (χ0v) is 18.6. The van der Waals surface area contributed by atoms with Crippen molar-refractivity contribution in [1.82, 2.24) is 10.3 Å². The highest BCUT2D eigenvalue weighted by Crippen LogP contribution is 2.65. The third-order valence-electron chi connectivity index (χ3n) is 7.82. The Balaban J connectivity index is 1.29. The van der Waals surface area contributed by atoms with E-state index in [1.807, 2.05) is 6.20 Å². The fourth-order valence-electron chi connectivity index (χ4n) is 5.65. The Morgan fingerprint density at radius 2 is 2.03 bits per heavy atom. The molecule has 0 aromatic carbocycles. The first kappa shape index (κ1) is 20.2. The average Bonchev–Trinajstić information content (AvgIpc) is 3.46. The van der Waals surface area contributed by atoms with Crippen LogP contribution in [-0.4, -0.2) is 18.7 Å². The van der Waals surface area contributed by atoms with Crippen molar-refractivity contribution < 1.29 is 4.79 Å². The summed E-state index contributed by atoms with van der Waals surface area (Å²) in [6, 6.07) is 2.13. The molecule has 5 rings (SSSR count). The molecule has 1 N–H and O–H groups in total. The molecule has 1 aromatic heterocycles. The second-order valence-corrected chi connectivity index (χ2v) is 10.6. The summed E-state index contributed by atoms with van der Waals surface area (Å²) in [5.74, 6) is 0.354. The lowest BCUT2D eigenvalue weighted by atomic mass is 9.72. The van der Waals surface area contributed by atoms with Crippen LogP contribution in [0, 0.1) is 11.3 Å². The Bertz CT molecular complexity index is 985. The van der Waals surface area contributed by atoms with Gasteiger partial charge >= 0.3 is 0 Å². The summed E-state index contributed by atoms with van der Waals surface area (Å²) in [5.41, 5.74) is 7.00. The van der Waals surface area contributed by atoms with Gasteiger partial charge in [0.2, 0.25) is 5.91 Å². The van der Waals surface area contributed by atoms with Gasteiger partial charge in [0.1, 0.15) is 7.85 Å². The average molecular weight is 416 g/mol. The molecular weight excluding hydrogens is 387 g/mol. The number of thiol groups is 1. The van der Waals surface area contributed by atoms with E-state index >= 15 is 0 Å². The zero-order chi connectivity index (χ0) is 20.9. The van der Waals surface area contributed by atoms with Gasteiger partial charge in [0.15, 0.2) is 0 Å². The molecule has 1 heterocycles. The number of aryl methyl sites for hydroxylation is 1. The molecule has 1 atom stereocenters. The van der Waals surface area contributed by atoms with Crippen LogP contribution >= 0.6 is 12.6 Å². The predicted molar refractivity (Wildman–Crippen MR) is 125 cm³/mol. The quantitative estimate of drug-likeness (QED) is 0.539. The van der Waals surface area contributed by atoms with Gasteiger partial charge in [0.05, 0.1) is 0 Å². The molecule has 1 aromatic rings. The molecule has 0 unspecified atom stereocenters. The summed E-state index contributed by atoms with van der Waals surface area (Å²) in [6.45, 7) is 2.12. The Hall–Kier alpha value is -1.75. The number of hydrogen-bond acceptors (Lipinski definition) is 3. The molecular formula is C25H29BN2OS. The number of allylic oxidation sites excluding steroid dienone is 4. The number of rotatable bonds is 3. The SMILES string of the molecule is [B]C1=Cc2c(C3(S)CCC4(CC3)C[C@@H]4C(=O)NC3=C(C)CCC=C3)ccnc2CC1. The van der Waals surface area contributed by atoms with Crippen LogP contribution in [0.25, 0.3) is 6.08 Å². The monoisotopic (exact) mass is 416 g/mol. The molecule has 2 saturated carbocycles. The first-order chi connectivity index (χ1) is 14.4. The van der Waals surface area contributed by atoms with Crippen molar-refractivity contribution in [2.75, 3.05) is 0 Å². The van der Waals surface area contributed by atoms with Gasteiger partial charge in [-0.2, -0.15) is 12.6 Å². The van der Waals surface area contributed by atoms with E-state index in [-0.39, 0.29) is 22.0 Å². The smallest absolute Gasteiger partial charge is 0.228 e. The second kappa shape index (κ2) is 7.44. The number of fused-ring (bicyclic) bond motifs is 1. The van der Waals surface area contributed by atoms with E-state index in [1.54, 1.807) is 0 Å². The number of carbonyl (C=O) groups is 1. The predicted octanol–water partition coefficient (Wildman–Crippen LogP) is 4.98. The molecule has 3 nitrogen and oxygen atoms in total. The molecule has 0 bridgehead atoms. The highest BCUT2D eigenvalue weighted by atomic mass is 32.1. The highest BCUT2D eigenvalue weighted by Gasteiger charge is 2.60. The van der Waals surface area contributed by atoms with Gasteiger partial charge in [-0.15, -0.1) is 5.47 Å². The number of nitrogens with zero attached hydrogens (tertiary/aromatic N) is 1. The Kier molecular flexibility index (Phi) is 5.00. The lowest BCUT2D eigenvalue weighted by Crippen LogP contribution is -2.32. The van der Waals surface area contributed by atoms with E-state index in [0.29, 0.717) is 0 Å². The van der Waals surface area contributed by atoms with E-state index in [2.05, 4.69) is 41.5 Å². The van der Waals surface area contributed by atoms with Crippen molar-refractivity contribution in [2.24, 2.45) is 11.3 Å². The molecule has 4 aliphatic carbocycles. The van der Waals surface area contributed by atoms with Gasteiger partial charge in [0, 0.05) is 28.3 Å². The maximum atomic E-state index is 12.9. The van der Waals surface area contributed by atoms with Gasteiger partial charge in [-0.25, -0.2) is 0 Å². The van der Waals surface area contributed by atoms with E-state index < -0.39 is 0 Å². The molecule has 0 saturated heterocycles. The topological polar surface area (TPSA) is 42.0 Å². The van der Waals surface area contributed by atoms with Crippen LogP contribution in [0.5, 0.6) is 0 Å². The number of aromatic nitrogens is 1. The van der Waals surface area contributed by atoms with Crippen molar-refractivity contribution in [2.45, 2.75) is 69.5 Å². The summed E-state index contributed by atoms with van der Waals surface area (Å²) < 4.78 is -0.165. The van der Waals surface area contributed by atoms with Crippen LogP contribution in [0.1, 0.15) is 75.1 Å².